The maximum absolute atomic E-state index is 10.7. The second-order valence-corrected chi connectivity index (χ2v) is 7.37. The van der Waals surface area contributed by atoms with Crippen LogP contribution in [0.25, 0.3) is 10.8 Å². The summed E-state index contributed by atoms with van der Waals surface area (Å²) >= 11 is 0. The molecule has 0 aliphatic carbocycles. The maximum atomic E-state index is 10.7. The third-order valence-electron chi connectivity index (χ3n) is 3.58. The highest BCUT2D eigenvalue weighted by Gasteiger charge is 2.29. The Morgan fingerprint density at radius 2 is 1.42 bits per heavy atom. The summed E-state index contributed by atoms with van der Waals surface area (Å²) in [6.07, 6.45) is 0. The molecule has 0 heterocycles. The van der Waals surface area contributed by atoms with Gasteiger partial charge < -0.3 is 5.11 Å². The zero-order valence-corrected chi connectivity index (χ0v) is 12.8. The van der Waals surface area contributed by atoms with E-state index in [9.17, 15) is 5.11 Å². The molecule has 0 spiro atoms. The van der Waals surface area contributed by atoms with Crippen LogP contribution in [0.3, 0.4) is 0 Å². The largest absolute Gasteiger partial charge is 0.507 e. The topological polar surface area (TPSA) is 20.2 Å². The van der Waals surface area contributed by atoms with Crippen molar-refractivity contribution in [3.63, 3.8) is 0 Å². The number of hydrogen-bond donors (Lipinski definition) is 1. The van der Waals surface area contributed by atoms with Crippen molar-refractivity contribution in [2.75, 3.05) is 0 Å². The van der Waals surface area contributed by atoms with Gasteiger partial charge in [0.1, 0.15) is 5.75 Å². The van der Waals surface area contributed by atoms with Crippen LogP contribution in [-0.2, 0) is 10.8 Å². The summed E-state index contributed by atoms with van der Waals surface area (Å²) in [5.41, 5.74) is 2.25. The molecule has 1 heteroatoms. The third-order valence-corrected chi connectivity index (χ3v) is 3.58. The van der Waals surface area contributed by atoms with Gasteiger partial charge in [0.15, 0.2) is 0 Å². The minimum atomic E-state index is -0.0727. The van der Waals surface area contributed by atoms with Gasteiger partial charge in [0.25, 0.3) is 0 Å². The highest BCUT2D eigenvalue weighted by Crippen LogP contribution is 2.43. The van der Waals surface area contributed by atoms with Crippen LogP contribution in [0.2, 0.25) is 0 Å². The lowest BCUT2D eigenvalue weighted by Crippen LogP contribution is -2.22. The van der Waals surface area contributed by atoms with Gasteiger partial charge in [-0.05, 0) is 21.8 Å². The summed E-state index contributed by atoms with van der Waals surface area (Å²) < 4.78 is 0. The van der Waals surface area contributed by atoms with Crippen molar-refractivity contribution in [1.82, 2.24) is 0 Å². The molecule has 102 valence electrons. The van der Waals surface area contributed by atoms with Gasteiger partial charge in [-0.15, -0.1) is 0 Å². The van der Waals surface area contributed by atoms with Crippen LogP contribution < -0.4 is 0 Å². The predicted molar refractivity (Wildman–Crippen MR) is 83.0 cm³/mol. The van der Waals surface area contributed by atoms with E-state index in [0.717, 1.165) is 16.3 Å². The van der Waals surface area contributed by atoms with Gasteiger partial charge in [0.05, 0.1) is 0 Å². The van der Waals surface area contributed by atoms with Crippen molar-refractivity contribution >= 4 is 10.8 Å². The molecular formula is C18H24O. The van der Waals surface area contributed by atoms with Gasteiger partial charge in [-0.1, -0.05) is 71.9 Å². The number of phenolic OH excluding ortho intramolecular Hbond substituents is 1. The number of aromatic hydroxyl groups is 1. The molecule has 2 rings (SSSR count). The van der Waals surface area contributed by atoms with Crippen LogP contribution in [0.1, 0.15) is 52.7 Å². The Labute approximate surface area is 116 Å². The molecular weight excluding hydrogens is 232 g/mol. The standard InChI is InChI=1S/C18H24O/c1-17(2,3)14-11-12-9-7-8-10-13(12)16(19)15(14)18(4,5)6/h7-11,19H,1-6H3. The van der Waals surface area contributed by atoms with Gasteiger partial charge in [-0.25, -0.2) is 0 Å². The molecule has 0 aliphatic heterocycles. The molecule has 0 aliphatic rings. The highest BCUT2D eigenvalue weighted by atomic mass is 16.3. The molecule has 0 fully saturated rings. The van der Waals surface area contributed by atoms with Crippen molar-refractivity contribution in [2.24, 2.45) is 0 Å². The predicted octanol–water partition coefficient (Wildman–Crippen LogP) is 5.14. The number of phenols is 1. The average Bonchev–Trinajstić information content (AvgIpc) is 2.26. The lowest BCUT2D eigenvalue weighted by Gasteiger charge is -2.31. The summed E-state index contributed by atoms with van der Waals surface area (Å²) in [5.74, 6) is 0.440. The molecule has 0 unspecified atom stereocenters. The minimum absolute atomic E-state index is 0.0180. The summed E-state index contributed by atoms with van der Waals surface area (Å²) in [6, 6.07) is 10.3. The van der Waals surface area contributed by atoms with Gasteiger partial charge in [0, 0.05) is 10.9 Å². The molecule has 0 atom stereocenters. The lowest BCUT2D eigenvalue weighted by atomic mass is 9.73. The summed E-state index contributed by atoms with van der Waals surface area (Å²) in [6.45, 7) is 13.1. The van der Waals surface area contributed by atoms with Gasteiger partial charge >= 0.3 is 0 Å². The normalized spacial score (nSPS) is 12.9. The molecule has 0 saturated heterocycles. The van der Waals surface area contributed by atoms with Crippen LogP contribution in [0.4, 0.5) is 0 Å². The van der Waals surface area contributed by atoms with Crippen molar-refractivity contribution in [3.8, 4) is 5.75 Å². The fourth-order valence-corrected chi connectivity index (χ4v) is 2.68. The van der Waals surface area contributed by atoms with Crippen LogP contribution in [-0.4, -0.2) is 5.11 Å². The van der Waals surface area contributed by atoms with E-state index >= 15 is 0 Å². The van der Waals surface area contributed by atoms with Crippen molar-refractivity contribution in [3.05, 3.63) is 41.5 Å². The number of benzene rings is 2. The zero-order chi connectivity index (χ0) is 14.4. The van der Waals surface area contributed by atoms with E-state index in [4.69, 9.17) is 0 Å². The van der Waals surface area contributed by atoms with Gasteiger partial charge in [-0.2, -0.15) is 0 Å². The summed E-state index contributed by atoms with van der Waals surface area (Å²) in [7, 11) is 0. The van der Waals surface area contributed by atoms with Gasteiger partial charge in [0.2, 0.25) is 0 Å². The Morgan fingerprint density at radius 3 is 1.95 bits per heavy atom. The fraction of sp³-hybridized carbons (Fsp3) is 0.444. The van der Waals surface area contributed by atoms with E-state index in [1.165, 1.54) is 5.56 Å². The zero-order valence-electron chi connectivity index (χ0n) is 12.8. The Kier molecular flexibility index (Phi) is 3.12. The first-order valence-electron chi connectivity index (χ1n) is 6.88. The van der Waals surface area contributed by atoms with Crippen LogP contribution >= 0.6 is 0 Å². The Balaban J connectivity index is 2.93. The van der Waals surface area contributed by atoms with Crippen LogP contribution in [0.15, 0.2) is 30.3 Å². The second-order valence-electron chi connectivity index (χ2n) is 7.37. The summed E-state index contributed by atoms with van der Waals surface area (Å²) in [5, 5.41) is 12.8. The molecule has 0 amide bonds. The molecule has 19 heavy (non-hydrogen) atoms. The van der Waals surface area contributed by atoms with Gasteiger partial charge in [-0.3, -0.25) is 0 Å². The number of hydrogen-bond acceptors (Lipinski definition) is 1. The van der Waals surface area contributed by atoms with Crippen LogP contribution in [0, 0.1) is 0 Å². The molecule has 1 nitrogen and oxygen atoms in total. The monoisotopic (exact) mass is 256 g/mol. The first kappa shape index (κ1) is 13.9. The Morgan fingerprint density at radius 1 is 0.842 bits per heavy atom. The van der Waals surface area contributed by atoms with Crippen molar-refractivity contribution in [2.45, 2.75) is 52.4 Å². The average molecular weight is 256 g/mol. The van der Waals surface area contributed by atoms with E-state index < -0.39 is 0 Å². The van der Waals surface area contributed by atoms with Crippen molar-refractivity contribution in [1.29, 1.82) is 0 Å². The van der Waals surface area contributed by atoms with E-state index in [2.05, 4.69) is 53.7 Å². The molecule has 2 aromatic rings. The smallest absolute Gasteiger partial charge is 0.127 e. The molecule has 2 aromatic carbocycles. The molecule has 0 radical (unpaired) electrons. The van der Waals surface area contributed by atoms with E-state index in [1.54, 1.807) is 0 Å². The quantitative estimate of drug-likeness (QED) is 0.692. The molecule has 0 aromatic heterocycles. The third kappa shape index (κ3) is 2.47. The fourth-order valence-electron chi connectivity index (χ4n) is 2.68. The second kappa shape index (κ2) is 4.26. The molecule has 0 bridgehead atoms. The van der Waals surface area contributed by atoms with Crippen LogP contribution in [0.5, 0.6) is 5.75 Å². The number of fused-ring (bicyclic) bond motifs is 1. The highest BCUT2D eigenvalue weighted by molar-refractivity contribution is 5.91. The maximum Gasteiger partial charge on any atom is 0.127 e. The van der Waals surface area contributed by atoms with E-state index in [-0.39, 0.29) is 10.8 Å². The first-order valence-corrected chi connectivity index (χ1v) is 6.88. The lowest BCUT2D eigenvalue weighted by molar-refractivity contribution is 0.441. The molecule has 0 saturated carbocycles. The Hall–Kier alpha value is -1.50. The number of rotatable bonds is 0. The van der Waals surface area contributed by atoms with Crippen molar-refractivity contribution < 1.29 is 5.11 Å². The summed E-state index contributed by atoms with van der Waals surface area (Å²) in [4.78, 5) is 0. The SMILES string of the molecule is CC(C)(C)c1cc2ccccc2c(O)c1C(C)(C)C. The van der Waals surface area contributed by atoms with E-state index in [0.29, 0.717) is 5.75 Å². The van der Waals surface area contributed by atoms with E-state index in [1.807, 2.05) is 18.2 Å². The first-order chi connectivity index (χ1) is 8.62. The molecule has 1 N–H and O–H groups in total. The minimum Gasteiger partial charge on any atom is -0.507 e. The Bertz CT molecular complexity index is 610.